The van der Waals surface area contributed by atoms with Gasteiger partial charge in [0.2, 0.25) is 0 Å². The lowest BCUT2D eigenvalue weighted by atomic mass is 9.98. The van der Waals surface area contributed by atoms with E-state index in [1.54, 1.807) is 0 Å². The molecular weight excluding hydrogens is 342 g/mol. The second-order valence-electron chi connectivity index (χ2n) is 3.90. The summed E-state index contributed by atoms with van der Waals surface area (Å²) in [6.45, 7) is 0. The molecule has 0 aliphatic rings. The van der Waals surface area contributed by atoms with Crippen molar-refractivity contribution in [3.05, 3.63) is 33.8 Å². The zero-order chi connectivity index (χ0) is 14.8. The van der Waals surface area contributed by atoms with Crippen molar-refractivity contribution in [3.8, 4) is 0 Å². The van der Waals surface area contributed by atoms with Gasteiger partial charge in [0.05, 0.1) is 11.7 Å². The number of halogens is 7. The summed E-state index contributed by atoms with van der Waals surface area (Å²) in [6.07, 6.45) is -13.2. The molecule has 19 heavy (non-hydrogen) atoms. The number of hydrogen-bond donors (Lipinski definition) is 1. The molecule has 0 saturated carbocycles. The minimum atomic E-state index is -4.74. The van der Waals surface area contributed by atoms with Crippen LogP contribution in [-0.2, 0) is 6.18 Å². The topological polar surface area (TPSA) is 20.2 Å². The molecule has 1 rings (SSSR count). The highest BCUT2D eigenvalue weighted by Crippen LogP contribution is 2.38. The van der Waals surface area contributed by atoms with E-state index >= 15 is 0 Å². The summed E-state index contributed by atoms with van der Waals surface area (Å²) in [5.74, 6) is 0. The summed E-state index contributed by atoms with van der Waals surface area (Å²) in [6, 6.07) is 2.93. The Labute approximate surface area is 113 Å². The van der Waals surface area contributed by atoms with E-state index in [-0.39, 0.29) is 4.47 Å². The monoisotopic (exact) mass is 350 g/mol. The first-order valence-electron chi connectivity index (χ1n) is 5.12. The SMILES string of the molecule is OC(CCC(F)(F)F)c1ccc(Br)cc1C(F)(F)F. The van der Waals surface area contributed by atoms with E-state index in [9.17, 15) is 31.4 Å². The minimum absolute atomic E-state index is 0.131. The first kappa shape index (κ1) is 16.3. The van der Waals surface area contributed by atoms with Crippen molar-refractivity contribution >= 4 is 15.9 Å². The van der Waals surface area contributed by atoms with Crippen LogP contribution in [0.2, 0.25) is 0 Å². The van der Waals surface area contributed by atoms with Crippen LogP contribution in [0, 0.1) is 0 Å². The number of hydrogen-bond acceptors (Lipinski definition) is 1. The highest BCUT2D eigenvalue weighted by atomic mass is 79.9. The molecule has 0 amide bonds. The van der Waals surface area contributed by atoms with Gasteiger partial charge in [0.25, 0.3) is 0 Å². The number of rotatable bonds is 3. The summed E-state index contributed by atoms with van der Waals surface area (Å²) < 4.78 is 74.2. The molecule has 0 aliphatic carbocycles. The first-order chi connectivity index (χ1) is 8.50. The molecule has 1 atom stereocenters. The fourth-order valence-corrected chi connectivity index (χ4v) is 1.88. The third kappa shape index (κ3) is 5.02. The van der Waals surface area contributed by atoms with Crippen molar-refractivity contribution in [2.24, 2.45) is 0 Å². The van der Waals surface area contributed by atoms with Gasteiger partial charge in [-0.2, -0.15) is 26.3 Å². The predicted molar refractivity (Wildman–Crippen MR) is 59.4 cm³/mol. The molecule has 0 radical (unpaired) electrons. The number of alkyl halides is 6. The third-order valence-electron chi connectivity index (χ3n) is 2.38. The Bertz CT molecular complexity index is 440. The maximum absolute atomic E-state index is 12.7. The van der Waals surface area contributed by atoms with Gasteiger partial charge in [0, 0.05) is 10.9 Å². The normalized spacial score (nSPS) is 14.5. The Hall–Kier alpha value is -0.760. The van der Waals surface area contributed by atoms with Crippen molar-refractivity contribution in [2.75, 3.05) is 0 Å². The minimum Gasteiger partial charge on any atom is -0.388 e. The van der Waals surface area contributed by atoms with Crippen LogP contribution in [0.15, 0.2) is 22.7 Å². The van der Waals surface area contributed by atoms with Crippen LogP contribution >= 0.6 is 15.9 Å². The van der Waals surface area contributed by atoms with Gasteiger partial charge in [-0.25, -0.2) is 0 Å². The molecule has 1 aromatic carbocycles. The summed E-state index contributed by atoms with van der Waals surface area (Å²) in [5.41, 5.74) is -1.70. The van der Waals surface area contributed by atoms with E-state index in [2.05, 4.69) is 15.9 Å². The van der Waals surface area contributed by atoms with Gasteiger partial charge in [-0.1, -0.05) is 22.0 Å². The van der Waals surface area contributed by atoms with Crippen molar-refractivity contribution in [2.45, 2.75) is 31.3 Å². The van der Waals surface area contributed by atoms with Gasteiger partial charge >= 0.3 is 12.4 Å². The van der Waals surface area contributed by atoms with Crippen LogP contribution in [-0.4, -0.2) is 11.3 Å². The Balaban J connectivity index is 3.00. The molecule has 0 aromatic heterocycles. The summed E-state index contributed by atoms with van der Waals surface area (Å²) in [4.78, 5) is 0. The van der Waals surface area contributed by atoms with Crippen LogP contribution in [0.3, 0.4) is 0 Å². The molecule has 1 unspecified atom stereocenters. The van der Waals surface area contributed by atoms with Crippen molar-refractivity contribution in [1.82, 2.24) is 0 Å². The molecule has 108 valence electrons. The van der Waals surface area contributed by atoms with Gasteiger partial charge in [-0.05, 0) is 24.1 Å². The number of aliphatic hydroxyl groups is 1. The molecular formula is C11H9BrF6O. The smallest absolute Gasteiger partial charge is 0.388 e. The fraction of sp³-hybridized carbons (Fsp3) is 0.455. The van der Waals surface area contributed by atoms with Crippen molar-refractivity contribution in [1.29, 1.82) is 0 Å². The van der Waals surface area contributed by atoms with Crippen LogP contribution in [0.25, 0.3) is 0 Å². The largest absolute Gasteiger partial charge is 0.416 e. The quantitative estimate of drug-likeness (QED) is 0.773. The predicted octanol–water partition coefficient (Wildman–Crippen LogP) is 4.84. The zero-order valence-corrected chi connectivity index (χ0v) is 10.9. The molecule has 0 spiro atoms. The van der Waals surface area contributed by atoms with Gasteiger partial charge < -0.3 is 5.11 Å². The maximum atomic E-state index is 12.7. The molecule has 8 heteroatoms. The van der Waals surface area contributed by atoms with Gasteiger partial charge in [0.1, 0.15) is 0 Å². The van der Waals surface area contributed by atoms with E-state index in [4.69, 9.17) is 0 Å². The first-order valence-corrected chi connectivity index (χ1v) is 5.91. The number of aliphatic hydroxyl groups excluding tert-OH is 1. The fourth-order valence-electron chi connectivity index (χ4n) is 1.52. The summed E-state index contributed by atoms with van der Waals surface area (Å²) in [5, 5.41) is 9.50. The van der Waals surface area contributed by atoms with Crippen LogP contribution in [0.5, 0.6) is 0 Å². The van der Waals surface area contributed by atoms with Crippen LogP contribution < -0.4 is 0 Å². The average Bonchev–Trinajstić information content (AvgIpc) is 2.23. The van der Waals surface area contributed by atoms with Gasteiger partial charge in [-0.15, -0.1) is 0 Å². The Morgan fingerprint density at radius 3 is 2.16 bits per heavy atom. The van der Waals surface area contributed by atoms with E-state index in [1.165, 1.54) is 6.07 Å². The summed E-state index contributed by atoms with van der Waals surface area (Å²) >= 11 is 2.85. The molecule has 1 nitrogen and oxygen atoms in total. The Kier molecular flexibility index (Phi) is 4.89. The lowest BCUT2D eigenvalue weighted by Crippen LogP contribution is -2.14. The molecule has 0 saturated heterocycles. The third-order valence-corrected chi connectivity index (χ3v) is 2.87. The van der Waals surface area contributed by atoms with Crippen LogP contribution in [0.4, 0.5) is 26.3 Å². The van der Waals surface area contributed by atoms with E-state index in [0.29, 0.717) is 0 Å². The molecule has 0 heterocycles. The van der Waals surface area contributed by atoms with E-state index < -0.39 is 42.4 Å². The molecule has 0 aliphatic heterocycles. The van der Waals surface area contributed by atoms with Gasteiger partial charge in [-0.3, -0.25) is 0 Å². The lowest BCUT2D eigenvalue weighted by Gasteiger charge is -2.18. The molecule has 0 bridgehead atoms. The Morgan fingerprint density at radius 1 is 1.11 bits per heavy atom. The standard InChI is InChI=1S/C11H9BrF6O/c12-6-1-2-7(8(5-6)11(16,17)18)9(19)3-4-10(13,14)15/h1-2,5,9,19H,3-4H2. The number of benzene rings is 1. The molecule has 1 N–H and O–H groups in total. The highest BCUT2D eigenvalue weighted by Gasteiger charge is 2.36. The van der Waals surface area contributed by atoms with Crippen molar-refractivity contribution in [3.63, 3.8) is 0 Å². The Morgan fingerprint density at radius 2 is 1.68 bits per heavy atom. The van der Waals surface area contributed by atoms with Crippen molar-refractivity contribution < 1.29 is 31.4 Å². The summed E-state index contributed by atoms with van der Waals surface area (Å²) in [7, 11) is 0. The lowest BCUT2D eigenvalue weighted by molar-refractivity contribution is -0.143. The molecule has 0 fully saturated rings. The average molecular weight is 351 g/mol. The highest BCUT2D eigenvalue weighted by molar-refractivity contribution is 9.10. The second-order valence-corrected chi connectivity index (χ2v) is 4.81. The zero-order valence-electron chi connectivity index (χ0n) is 9.32. The van der Waals surface area contributed by atoms with E-state index in [1.807, 2.05) is 0 Å². The van der Waals surface area contributed by atoms with E-state index in [0.717, 1.165) is 12.1 Å². The second kappa shape index (κ2) is 5.70. The van der Waals surface area contributed by atoms with Crippen LogP contribution in [0.1, 0.15) is 30.1 Å². The maximum Gasteiger partial charge on any atom is 0.416 e. The van der Waals surface area contributed by atoms with Gasteiger partial charge in [0.15, 0.2) is 0 Å². The molecule has 1 aromatic rings.